The summed E-state index contributed by atoms with van der Waals surface area (Å²) < 4.78 is 11.0. The summed E-state index contributed by atoms with van der Waals surface area (Å²) >= 11 is 0. The number of phenolic OH excluding ortho intramolecular Hbond substituents is 3. The average Bonchev–Trinajstić information content (AvgIpc) is 2.47. The van der Waals surface area contributed by atoms with Crippen LogP contribution in [0.25, 0.3) is 21.9 Å². The van der Waals surface area contributed by atoms with Crippen molar-refractivity contribution in [1.29, 1.82) is 0 Å². The minimum atomic E-state index is -0.476. The first kappa shape index (κ1) is 15.7. The Morgan fingerprint density at radius 2 is 1.83 bits per heavy atom. The van der Waals surface area contributed by atoms with Crippen LogP contribution in [0, 0.1) is 0 Å². The molecule has 0 aliphatic heterocycles. The van der Waals surface area contributed by atoms with Gasteiger partial charge in [-0.2, -0.15) is 0 Å². The number of phenols is 3. The molecular formula is C18H16O6. The van der Waals surface area contributed by atoms with Gasteiger partial charge in [0, 0.05) is 18.2 Å². The smallest absolute Gasteiger partial charge is 0.204 e. The first-order valence-electron chi connectivity index (χ1n) is 7.28. The van der Waals surface area contributed by atoms with Crippen molar-refractivity contribution in [1.82, 2.24) is 0 Å². The van der Waals surface area contributed by atoms with Crippen molar-refractivity contribution in [3.05, 3.63) is 46.1 Å². The number of aromatic hydroxyl groups is 3. The van der Waals surface area contributed by atoms with Crippen LogP contribution in [0.5, 0.6) is 23.0 Å². The molecule has 0 unspecified atom stereocenters. The maximum atomic E-state index is 12.6. The summed E-state index contributed by atoms with van der Waals surface area (Å²) in [6, 6.07) is 4.94. The molecule has 0 spiro atoms. The molecule has 6 heteroatoms. The molecule has 1 heterocycles. The summed E-state index contributed by atoms with van der Waals surface area (Å²) in [6.45, 7) is 4.09. The van der Waals surface area contributed by atoms with Gasteiger partial charge in [0.1, 0.15) is 34.7 Å². The highest BCUT2D eigenvalue weighted by molar-refractivity contribution is 5.94. The Kier molecular flexibility index (Phi) is 3.81. The molecule has 0 radical (unpaired) electrons. The van der Waals surface area contributed by atoms with E-state index >= 15 is 0 Å². The lowest BCUT2D eigenvalue weighted by Gasteiger charge is -2.09. The number of fused-ring (bicyclic) bond motifs is 2. The van der Waals surface area contributed by atoms with Crippen LogP contribution in [0.15, 0.2) is 45.1 Å². The van der Waals surface area contributed by atoms with Crippen LogP contribution in [0.4, 0.5) is 0 Å². The third kappa shape index (κ3) is 2.74. The van der Waals surface area contributed by atoms with Crippen molar-refractivity contribution in [2.24, 2.45) is 0 Å². The summed E-state index contributed by atoms with van der Waals surface area (Å²) in [4.78, 5) is 12.6. The Hall–Kier alpha value is -3.15. The minimum absolute atomic E-state index is 0.0302. The molecule has 3 aromatic rings. The molecule has 0 saturated heterocycles. The number of rotatable bonds is 3. The summed E-state index contributed by atoms with van der Waals surface area (Å²) in [5, 5.41) is 29.6. The molecule has 0 bridgehead atoms. The molecular weight excluding hydrogens is 312 g/mol. The van der Waals surface area contributed by atoms with Crippen molar-refractivity contribution in [2.45, 2.75) is 13.8 Å². The fraction of sp³-hybridized carbons (Fsp3) is 0.167. The van der Waals surface area contributed by atoms with Crippen LogP contribution in [0.2, 0.25) is 0 Å². The van der Waals surface area contributed by atoms with Crippen LogP contribution in [0.3, 0.4) is 0 Å². The van der Waals surface area contributed by atoms with Crippen LogP contribution in [-0.2, 0) is 0 Å². The van der Waals surface area contributed by atoms with E-state index in [1.54, 1.807) is 0 Å². The van der Waals surface area contributed by atoms with Crippen molar-refractivity contribution >= 4 is 21.9 Å². The maximum absolute atomic E-state index is 12.6. The van der Waals surface area contributed by atoms with Gasteiger partial charge in [-0.1, -0.05) is 5.57 Å². The standard InChI is InChI=1S/C18H16O6/c1-9(2)3-4-23-15-7-11-14(8-12(15)20)24-16-6-10(19)5-13(21)17(16)18(11)22/h3,5-8,19-21H,4H2,1-2H3. The number of allylic oxidation sites excluding steroid dienone is 1. The predicted octanol–water partition coefficient (Wildman–Crippen LogP) is 3.41. The summed E-state index contributed by atoms with van der Waals surface area (Å²) in [5.74, 6) is -0.629. The largest absolute Gasteiger partial charge is 0.508 e. The molecule has 0 fully saturated rings. The van der Waals surface area contributed by atoms with Gasteiger partial charge >= 0.3 is 0 Å². The van der Waals surface area contributed by atoms with E-state index in [0.717, 1.165) is 11.6 Å². The Morgan fingerprint density at radius 3 is 2.54 bits per heavy atom. The van der Waals surface area contributed by atoms with E-state index in [4.69, 9.17) is 9.15 Å². The van der Waals surface area contributed by atoms with E-state index in [9.17, 15) is 20.1 Å². The molecule has 1 aromatic heterocycles. The lowest BCUT2D eigenvalue weighted by atomic mass is 10.1. The Morgan fingerprint density at radius 1 is 1.08 bits per heavy atom. The molecule has 0 amide bonds. The van der Waals surface area contributed by atoms with Gasteiger partial charge < -0.3 is 24.5 Å². The maximum Gasteiger partial charge on any atom is 0.204 e. The molecule has 3 rings (SSSR count). The number of ether oxygens (including phenoxy) is 1. The molecule has 0 saturated carbocycles. The highest BCUT2D eigenvalue weighted by Crippen LogP contribution is 2.34. The van der Waals surface area contributed by atoms with Gasteiger partial charge in [0.25, 0.3) is 0 Å². The third-order valence-electron chi connectivity index (χ3n) is 3.55. The SMILES string of the molecule is CC(C)=CCOc1cc2c(=O)c3c(O)cc(O)cc3oc2cc1O. The van der Waals surface area contributed by atoms with E-state index in [1.807, 2.05) is 19.9 Å². The topological polar surface area (TPSA) is 100 Å². The lowest BCUT2D eigenvalue weighted by molar-refractivity contribution is 0.336. The second-order valence-electron chi connectivity index (χ2n) is 5.68. The quantitative estimate of drug-likeness (QED) is 0.503. The molecule has 3 N–H and O–H groups in total. The summed E-state index contributed by atoms with van der Waals surface area (Å²) in [5.41, 5.74) is 0.744. The van der Waals surface area contributed by atoms with Crippen molar-refractivity contribution in [3.63, 3.8) is 0 Å². The number of benzene rings is 2. The number of hydrogen-bond donors (Lipinski definition) is 3. The van der Waals surface area contributed by atoms with Crippen LogP contribution in [0.1, 0.15) is 13.8 Å². The van der Waals surface area contributed by atoms with Gasteiger partial charge in [0.15, 0.2) is 11.5 Å². The predicted molar refractivity (Wildman–Crippen MR) is 89.9 cm³/mol. The molecule has 0 atom stereocenters. The highest BCUT2D eigenvalue weighted by Gasteiger charge is 2.15. The fourth-order valence-electron chi connectivity index (χ4n) is 2.37. The van der Waals surface area contributed by atoms with Crippen molar-refractivity contribution in [3.8, 4) is 23.0 Å². The van der Waals surface area contributed by atoms with Crippen LogP contribution >= 0.6 is 0 Å². The fourth-order valence-corrected chi connectivity index (χ4v) is 2.37. The Balaban J connectivity index is 2.22. The second kappa shape index (κ2) is 5.81. The zero-order valence-corrected chi connectivity index (χ0v) is 13.2. The third-order valence-corrected chi connectivity index (χ3v) is 3.55. The van der Waals surface area contributed by atoms with Gasteiger partial charge in [-0.15, -0.1) is 0 Å². The van der Waals surface area contributed by atoms with E-state index < -0.39 is 5.43 Å². The van der Waals surface area contributed by atoms with Gasteiger partial charge in [-0.25, -0.2) is 0 Å². The highest BCUT2D eigenvalue weighted by atomic mass is 16.5. The van der Waals surface area contributed by atoms with Gasteiger partial charge in [-0.3, -0.25) is 4.79 Å². The molecule has 6 nitrogen and oxygen atoms in total. The average molecular weight is 328 g/mol. The molecule has 0 aliphatic carbocycles. The Bertz CT molecular complexity index is 1030. The summed E-state index contributed by atoms with van der Waals surface area (Å²) in [6.07, 6.45) is 1.83. The van der Waals surface area contributed by atoms with Crippen molar-refractivity contribution in [2.75, 3.05) is 6.61 Å². The molecule has 124 valence electrons. The monoisotopic (exact) mass is 328 g/mol. The van der Waals surface area contributed by atoms with E-state index in [0.29, 0.717) is 0 Å². The lowest BCUT2D eigenvalue weighted by Crippen LogP contribution is -2.03. The van der Waals surface area contributed by atoms with Gasteiger partial charge in [0.2, 0.25) is 5.43 Å². The zero-order chi connectivity index (χ0) is 17.4. The first-order valence-corrected chi connectivity index (χ1v) is 7.28. The van der Waals surface area contributed by atoms with Crippen molar-refractivity contribution < 1.29 is 24.5 Å². The van der Waals surface area contributed by atoms with Crippen LogP contribution in [-0.4, -0.2) is 21.9 Å². The zero-order valence-electron chi connectivity index (χ0n) is 13.2. The first-order chi connectivity index (χ1) is 11.4. The van der Waals surface area contributed by atoms with E-state index in [2.05, 4.69) is 0 Å². The number of hydrogen-bond acceptors (Lipinski definition) is 6. The van der Waals surface area contributed by atoms with E-state index in [-0.39, 0.29) is 51.5 Å². The minimum Gasteiger partial charge on any atom is -0.508 e. The van der Waals surface area contributed by atoms with Crippen LogP contribution < -0.4 is 10.2 Å². The second-order valence-corrected chi connectivity index (χ2v) is 5.68. The Labute approximate surface area is 136 Å². The van der Waals surface area contributed by atoms with Gasteiger partial charge in [-0.05, 0) is 26.0 Å². The normalized spacial score (nSPS) is 10.9. The van der Waals surface area contributed by atoms with Gasteiger partial charge in [0.05, 0.1) is 5.39 Å². The summed E-state index contributed by atoms with van der Waals surface area (Å²) in [7, 11) is 0. The molecule has 0 aliphatic rings. The van der Waals surface area contributed by atoms with E-state index in [1.165, 1.54) is 18.2 Å². The molecule has 24 heavy (non-hydrogen) atoms. The molecule has 2 aromatic carbocycles.